The number of rotatable bonds is 13. The lowest BCUT2D eigenvalue weighted by atomic mass is 9.91. The third-order valence-corrected chi connectivity index (χ3v) is 7.99. The second-order valence-corrected chi connectivity index (χ2v) is 11.5. The number of benzene rings is 3. The van der Waals surface area contributed by atoms with Crippen LogP contribution in [0.3, 0.4) is 0 Å². The highest BCUT2D eigenvalue weighted by molar-refractivity contribution is 7.89. The zero-order valence-electron chi connectivity index (χ0n) is 21.5. The third-order valence-electron chi connectivity index (χ3n) is 6.48. The summed E-state index contributed by atoms with van der Waals surface area (Å²) >= 11 is 0. The Morgan fingerprint density at radius 1 is 0.800 bits per heavy atom. The van der Waals surface area contributed by atoms with Crippen LogP contribution in [0.5, 0.6) is 0 Å². The highest BCUT2D eigenvalue weighted by atomic mass is 32.2. The Balaban J connectivity index is 1.97. The molecule has 0 amide bonds. The molecule has 0 heterocycles. The molecular formula is C30H40N2O2S. The molecule has 3 aromatic rings. The monoisotopic (exact) mass is 492 g/mol. The van der Waals surface area contributed by atoms with E-state index in [1.165, 1.54) is 11.1 Å². The summed E-state index contributed by atoms with van der Waals surface area (Å²) in [6.45, 7) is 10.0. The summed E-state index contributed by atoms with van der Waals surface area (Å²) in [5.41, 5.74) is 3.50. The third kappa shape index (κ3) is 8.03. The van der Waals surface area contributed by atoms with Crippen LogP contribution in [0.15, 0.2) is 89.8 Å². The van der Waals surface area contributed by atoms with Crippen LogP contribution in [-0.4, -0.2) is 25.4 Å². The number of hydrogen-bond donors (Lipinski definition) is 1. The molecule has 3 aromatic carbocycles. The largest absolute Gasteiger partial charge is 0.290 e. The molecule has 0 saturated carbocycles. The van der Waals surface area contributed by atoms with Crippen molar-refractivity contribution in [3.8, 4) is 0 Å². The molecule has 2 atom stereocenters. The summed E-state index contributed by atoms with van der Waals surface area (Å²) in [4.78, 5) is 2.78. The Kier molecular flexibility index (Phi) is 10.1. The fourth-order valence-corrected chi connectivity index (χ4v) is 6.04. The number of sulfonamides is 1. The second-order valence-electron chi connectivity index (χ2n) is 9.79. The van der Waals surface area contributed by atoms with Gasteiger partial charge in [-0.25, -0.2) is 13.1 Å². The number of nitrogens with zero attached hydrogens (tertiary/aromatic N) is 1. The predicted octanol–water partition coefficient (Wildman–Crippen LogP) is 6.56. The topological polar surface area (TPSA) is 49.4 Å². The summed E-state index contributed by atoms with van der Waals surface area (Å²) in [5, 5.41) is 0. The fraction of sp³-hybridized carbons (Fsp3) is 0.400. The average Bonchev–Trinajstić information content (AvgIpc) is 2.83. The minimum Gasteiger partial charge on any atom is -0.290 e. The van der Waals surface area contributed by atoms with Crippen molar-refractivity contribution in [2.75, 3.05) is 0 Å². The number of nitrogens with one attached hydrogen (secondary N) is 1. The van der Waals surface area contributed by atoms with Gasteiger partial charge in [0.25, 0.3) is 0 Å². The Labute approximate surface area is 212 Å². The van der Waals surface area contributed by atoms with Gasteiger partial charge in [-0.3, -0.25) is 4.90 Å². The van der Waals surface area contributed by atoms with Crippen LogP contribution in [0.1, 0.15) is 56.7 Å². The summed E-state index contributed by atoms with van der Waals surface area (Å²) < 4.78 is 30.0. The molecule has 0 aliphatic carbocycles. The lowest BCUT2D eigenvalue weighted by molar-refractivity contribution is 0.105. The smallest absolute Gasteiger partial charge is 0.240 e. The number of unbranched alkanes of at least 4 members (excludes halogenated alkanes) is 1. The van der Waals surface area contributed by atoms with E-state index in [0.717, 1.165) is 37.9 Å². The molecule has 0 saturated heterocycles. The van der Waals surface area contributed by atoms with Crippen molar-refractivity contribution in [1.29, 1.82) is 0 Å². The van der Waals surface area contributed by atoms with Gasteiger partial charge in [-0.15, -0.1) is 0 Å². The first kappa shape index (κ1) is 27.1. The van der Waals surface area contributed by atoms with E-state index >= 15 is 0 Å². The van der Waals surface area contributed by atoms with Crippen molar-refractivity contribution in [2.45, 2.75) is 77.0 Å². The van der Waals surface area contributed by atoms with Crippen LogP contribution in [0.2, 0.25) is 0 Å². The molecule has 0 aliphatic rings. The highest BCUT2D eigenvalue weighted by Gasteiger charge is 2.33. The number of hydrogen-bond acceptors (Lipinski definition) is 3. The molecule has 0 aliphatic heterocycles. The van der Waals surface area contributed by atoms with Gasteiger partial charge in [0.15, 0.2) is 0 Å². The van der Waals surface area contributed by atoms with E-state index in [0.29, 0.717) is 4.90 Å². The molecule has 0 unspecified atom stereocenters. The molecule has 0 fully saturated rings. The summed E-state index contributed by atoms with van der Waals surface area (Å²) in [7, 11) is -3.64. The summed E-state index contributed by atoms with van der Waals surface area (Å²) in [5.74, 6) is 0.255. The van der Waals surface area contributed by atoms with E-state index in [1.807, 2.05) is 31.2 Å². The van der Waals surface area contributed by atoms with Gasteiger partial charge in [0.1, 0.15) is 0 Å². The molecule has 35 heavy (non-hydrogen) atoms. The van der Waals surface area contributed by atoms with E-state index in [2.05, 4.69) is 78.9 Å². The van der Waals surface area contributed by atoms with Crippen molar-refractivity contribution in [1.82, 2.24) is 9.62 Å². The lowest BCUT2D eigenvalue weighted by Gasteiger charge is -2.40. The van der Waals surface area contributed by atoms with Gasteiger partial charge in [0.2, 0.25) is 10.0 Å². The zero-order valence-corrected chi connectivity index (χ0v) is 22.3. The van der Waals surface area contributed by atoms with Crippen LogP contribution in [0, 0.1) is 12.8 Å². The molecule has 0 bridgehead atoms. The van der Waals surface area contributed by atoms with Crippen LogP contribution < -0.4 is 4.72 Å². The van der Waals surface area contributed by atoms with Gasteiger partial charge >= 0.3 is 0 Å². The quantitative estimate of drug-likeness (QED) is 0.294. The molecule has 3 rings (SSSR count). The normalized spacial score (nSPS) is 13.8. The van der Waals surface area contributed by atoms with Crippen molar-refractivity contribution >= 4 is 10.0 Å². The van der Waals surface area contributed by atoms with Crippen LogP contribution in [-0.2, 0) is 23.1 Å². The molecular weight excluding hydrogens is 452 g/mol. The van der Waals surface area contributed by atoms with Gasteiger partial charge < -0.3 is 0 Å². The van der Waals surface area contributed by atoms with E-state index < -0.39 is 10.0 Å². The lowest BCUT2D eigenvalue weighted by Crippen LogP contribution is -2.53. The van der Waals surface area contributed by atoms with Crippen LogP contribution in [0.4, 0.5) is 0 Å². The van der Waals surface area contributed by atoms with Gasteiger partial charge in [-0.1, -0.05) is 112 Å². The van der Waals surface area contributed by atoms with Crippen LogP contribution in [0.25, 0.3) is 0 Å². The molecule has 0 aromatic heterocycles. The first-order valence-electron chi connectivity index (χ1n) is 12.7. The van der Waals surface area contributed by atoms with Crippen molar-refractivity contribution < 1.29 is 8.42 Å². The summed E-state index contributed by atoms with van der Waals surface area (Å²) in [6.07, 6.45) is 2.78. The van der Waals surface area contributed by atoms with E-state index in [9.17, 15) is 8.42 Å². The molecule has 188 valence electrons. The minimum atomic E-state index is -3.64. The van der Waals surface area contributed by atoms with Crippen molar-refractivity contribution in [3.05, 3.63) is 102 Å². The van der Waals surface area contributed by atoms with Crippen molar-refractivity contribution in [3.63, 3.8) is 0 Å². The van der Waals surface area contributed by atoms with Gasteiger partial charge in [-0.05, 0) is 42.5 Å². The second kappa shape index (κ2) is 13.0. The zero-order chi connectivity index (χ0) is 25.3. The Morgan fingerprint density at radius 2 is 1.31 bits per heavy atom. The van der Waals surface area contributed by atoms with E-state index in [1.54, 1.807) is 12.1 Å². The van der Waals surface area contributed by atoms with E-state index in [4.69, 9.17) is 0 Å². The molecule has 0 spiro atoms. The molecule has 0 radical (unpaired) electrons. The predicted molar refractivity (Wildman–Crippen MR) is 146 cm³/mol. The van der Waals surface area contributed by atoms with Gasteiger partial charge in [0, 0.05) is 25.2 Å². The minimum absolute atomic E-state index is 0.0298. The van der Waals surface area contributed by atoms with Crippen molar-refractivity contribution in [2.24, 2.45) is 5.92 Å². The maximum Gasteiger partial charge on any atom is 0.240 e. The first-order chi connectivity index (χ1) is 16.8. The number of aryl methyl sites for hydroxylation is 1. The van der Waals surface area contributed by atoms with Gasteiger partial charge in [-0.2, -0.15) is 0 Å². The Morgan fingerprint density at radius 3 is 1.77 bits per heavy atom. The maximum absolute atomic E-state index is 13.5. The van der Waals surface area contributed by atoms with E-state index in [-0.39, 0.29) is 18.0 Å². The fourth-order valence-electron chi connectivity index (χ4n) is 4.75. The molecule has 5 heteroatoms. The van der Waals surface area contributed by atoms with Crippen LogP contribution >= 0.6 is 0 Å². The standard InChI is InChI=1S/C30H40N2O2S/c1-5-6-17-29(31-35(33,34)28-20-18-25(4)19-21-28)30(24(2)3)32(22-26-13-9-7-10-14-26)23-27-15-11-8-12-16-27/h7-16,18-21,24,29-31H,5-6,17,22-23H2,1-4H3/t29-,30+/m1/s1. The highest BCUT2D eigenvalue weighted by Crippen LogP contribution is 2.25. The molecule has 1 N–H and O–H groups in total. The first-order valence-corrected chi connectivity index (χ1v) is 14.2. The Hall–Kier alpha value is -2.47. The Bertz CT molecular complexity index is 1070. The average molecular weight is 493 g/mol. The SMILES string of the molecule is CCCC[C@@H](NS(=O)(=O)c1ccc(C)cc1)[C@H](C(C)C)N(Cc1ccccc1)Cc1ccccc1. The van der Waals surface area contributed by atoms with Gasteiger partial charge in [0.05, 0.1) is 4.90 Å². The maximum atomic E-state index is 13.5. The summed E-state index contributed by atoms with van der Waals surface area (Å²) in [6, 6.07) is 27.8. The molecule has 4 nitrogen and oxygen atoms in total.